The van der Waals surface area contributed by atoms with E-state index in [1.165, 1.54) is 6.07 Å². The highest BCUT2D eigenvalue weighted by atomic mass is 19.1. The molecule has 0 aliphatic heterocycles. The lowest BCUT2D eigenvalue weighted by Crippen LogP contribution is -2.30. The first-order valence-electron chi connectivity index (χ1n) is 6.23. The molecule has 1 atom stereocenters. The molecule has 1 aromatic carbocycles. The molecule has 0 bridgehead atoms. The van der Waals surface area contributed by atoms with E-state index in [-0.39, 0.29) is 11.9 Å². The van der Waals surface area contributed by atoms with E-state index in [4.69, 9.17) is 5.84 Å². The van der Waals surface area contributed by atoms with Crippen LogP contribution < -0.4 is 11.3 Å². The van der Waals surface area contributed by atoms with E-state index >= 15 is 0 Å². The van der Waals surface area contributed by atoms with Crippen molar-refractivity contribution in [2.45, 2.75) is 26.3 Å². The molecule has 0 aliphatic rings. The van der Waals surface area contributed by atoms with Gasteiger partial charge in [0.2, 0.25) is 0 Å². The van der Waals surface area contributed by atoms with Crippen LogP contribution in [0.25, 0.3) is 0 Å². The molecule has 1 unspecified atom stereocenters. The number of rotatable bonds is 4. The Kier molecular flexibility index (Phi) is 4.24. The van der Waals surface area contributed by atoms with Crippen molar-refractivity contribution in [3.63, 3.8) is 0 Å². The number of nitrogens with zero attached hydrogens (tertiary/aromatic N) is 1. The molecular formula is C15H18FN3. The SMILES string of the molecule is Cc1cc(F)ccc1CC(NN)c1ccncc1C. The quantitative estimate of drug-likeness (QED) is 0.655. The van der Waals surface area contributed by atoms with E-state index in [1.807, 2.05) is 32.2 Å². The molecular weight excluding hydrogens is 241 g/mol. The Morgan fingerprint density at radius 3 is 2.68 bits per heavy atom. The van der Waals surface area contributed by atoms with Gasteiger partial charge in [-0.05, 0) is 60.7 Å². The van der Waals surface area contributed by atoms with E-state index in [0.29, 0.717) is 6.42 Å². The zero-order chi connectivity index (χ0) is 13.8. The Balaban J connectivity index is 2.27. The minimum Gasteiger partial charge on any atom is -0.271 e. The Morgan fingerprint density at radius 1 is 1.26 bits per heavy atom. The van der Waals surface area contributed by atoms with Gasteiger partial charge in [-0.1, -0.05) is 6.07 Å². The number of hydrazine groups is 1. The van der Waals surface area contributed by atoms with E-state index in [9.17, 15) is 4.39 Å². The number of benzene rings is 1. The van der Waals surface area contributed by atoms with Crippen LogP contribution in [0.5, 0.6) is 0 Å². The number of hydrogen-bond donors (Lipinski definition) is 2. The van der Waals surface area contributed by atoms with Gasteiger partial charge in [-0.3, -0.25) is 16.3 Å². The highest BCUT2D eigenvalue weighted by Gasteiger charge is 2.14. The van der Waals surface area contributed by atoms with Gasteiger partial charge >= 0.3 is 0 Å². The topological polar surface area (TPSA) is 50.9 Å². The summed E-state index contributed by atoms with van der Waals surface area (Å²) >= 11 is 0. The summed E-state index contributed by atoms with van der Waals surface area (Å²) < 4.78 is 13.1. The minimum absolute atomic E-state index is 0.00726. The monoisotopic (exact) mass is 259 g/mol. The summed E-state index contributed by atoms with van der Waals surface area (Å²) in [6.45, 7) is 3.91. The predicted octanol–water partition coefficient (Wildman–Crippen LogP) is 2.58. The Morgan fingerprint density at radius 2 is 2.05 bits per heavy atom. The average molecular weight is 259 g/mol. The zero-order valence-corrected chi connectivity index (χ0v) is 11.2. The summed E-state index contributed by atoms with van der Waals surface area (Å²) in [5, 5.41) is 0. The lowest BCUT2D eigenvalue weighted by atomic mass is 9.95. The van der Waals surface area contributed by atoms with Crippen LogP contribution in [0.2, 0.25) is 0 Å². The molecule has 0 saturated heterocycles. The van der Waals surface area contributed by atoms with Crippen LogP contribution in [0, 0.1) is 19.7 Å². The summed E-state index contributed by atoms with van der Waals surface area (Å²) in [5.41, 5.74) is 7.05. The molecule has 2 rings (SSSR count). The molecule has 4 heteroatoms. The van der Waals surface area contributed by atoms with Crippen molar-refractivity contribution >= 4 is 0 Å². The molecule has 100 valence electrons. The smallest absolute Gasteiger partial charge is 0.123 e. The van der Waals surface area contributed by atoms with E-state index in [1.54, 1.807) is 12.3 Å². The number of halogens is 1. The van der Waals surface area contributed by atoms with Gasteiger partial charge in [0.15, 0.2) is 0 Å². The Hall–Kier alpha value is -1.78. The highest BCUT2D eigenvalue weighted by Crippen LogP contribution is 2.22. The van der Waals surface area contributed by atoms with Crippen molar-refractivity contribution in [1.82, 2.24) is 10.4 Å². The fourth-order valence-corrected chi connectivity index (χ4v) is 2.24. The molecule has 2 aromatic rings. The molecule has 1 aromatic heterocycles. The van der Waals surface area contributed by atoms with Gasteiger partial charge in [0, 0.05) is 12.4 Å². The minimum atomic E-state index is -0.210. The largest absolute Gasteiger partial charge is 0.271 e. The lowest BCUT2D eigenvalue weighted by molar-refractivity contribution is 0.546. The predicted molar refractivity (Wildman–Crippen MR) is 73.9 cm³/mol. The maximum atomic E-state index is 13.1. The fourth-order valence-electron chi connectivity index (χ4n) is 2.24. The molecule has 0 radical (unpaired) electrons. The molecule has 0 aliphatic carbocycles. The van der Waals surface area contributed by atoms with Gasteiger partial charge in [0.25, 0.3) is 0 Å². The number of aryl methyl sites for hydroxylation is 2. The normalized spacial score (nSPS) is 12.4. The standard InChI is InChI=1S/C15H18FN3/c1-10-7-13(16)4-3-12(10)8-15(19-17)14-5-6-18-9-11(14)2/h3-7,9,15,19H,8,17H2,1-2H3. The first-order valence-corrected chi connectivity index (χ1v) is 6.23. The number of aromatic nitrogens is 1. The summed E-state index contributed by atoms with van der Waals surface area (Å²) in [7, 11) is 0. The first-order chi connectivity index (χ1) is 9.11. The van der Waals surface area contributed by atoms with Crippen molar-refractivity contribution in [3.8, 4) is 0 Å². The second-order valence-electron chi connectivity index (χ2n) is 4.73. The Labute approximate surface area is 112 Å². The second kappa shape index (κ2) is 5.91. The second-order valence-corrected chi connectivity index (χ2v) is 4.73. The number of nitrogens with one attached hydrogen (secondary N) is 1. The molecule has 0 spiro atoms. The number of hydrogen-bond acceptors (Lipinski definition) is 3. The Bertz CT molecular complexity index is 569. The first kappa shape index (κ1) is 13.6. The van der Waals surface area contributed by atoms with Crippen molar-refractivity contribution in [2.75, 3.05) is 0 Å². The van der Waals surface area contributed by atoms with Gasteiger partial charge in [-0.15, -0.1) is 0 Å². The summed E-state index contributed by atoms with van der Waals surface area (Å²) in [5.74, 6) is 5.45. The van der Waals surface area contributed by atoms with E-state index in [2.05, 4.69) is 10.4 Å². The molecule has 3 N–H and O–H groups in total. The van der Waals surface area contributed by atoms with Crippen molar-refractivity contribution < 1.29 is 4.39 Å². The molecule has 19 heavy (non-hydrogen) atoms. The number of nitrogens with two attached hydrogens (primary N) is 1. The summed E-state index contributed by atoms with van der Waals surface area (Å²) in [4.78, 5) is 4.08. The maximum Gasteiger partial charge on any atom is 0.123 e. The average Bonchev–Trinajstić information content (AvgIpc) is 2.39. The third-order valence-electron chi connectivity index (χ3n) is 3.37. The maximum absolute atomic E-state index is 13.1. The highest BCUT2D eigenvalue weighted by molar-refractivity contribution is 5.31. The van der Waals surface area contributed by atoms with Crippen LogP contribution >= 0.6 is 0 Å². The molecule has 3 nitrogen and oxygen atoms in total. The van der Waals surface area contributed by atoms with Crippen molar-refractivity contribution in [3.05, 3.63) is 64.7 Å². The van der Waals surface area contributed by atoms with Crippen LogP contribution in [-0.4, -0.2) is 4.98 Å². The molecule has 0 saturated carbocycles. The van der Waals surface area contributed by atoms with Crippen LogP contribution in [0.4, 0.5) is 4.39 Å². The van der Waals surface area contributed by atoms with E-state index in [0.717, 1.165) is 22.3 Å². The zero-order valence-electron chi connectivity index (χ0n) is 11.2. The fraction of sp³-hybridized carbons (Fsp3) is 0.267. The van der Waals surface area contributed by atoms with Crippen molar-refractivity contribution in [1.29, 1.82) is 0 Å². The van der Waals surface area contributed by atoms with Crippen LogP contribution in [0.3, 0.4) is 0 Å². The van der Waals surface area contributed by atoms with Gasteiger partial charge in [0.1, 0.15) is 5.82 Å². The molecule has 1 heterocycles. The summed E-state index contributed by atoms with van der Waals surface area (Å²) in [6.07, 6.45) is 4.29. The molecule has 0 fully saturated rings. The molecule has 0 amide bonds. The van der Waals surface area contributed by atoms with Gasteiger partial charge in [-0.2, -0.15) is 0 Å². The van der Waals surface area contributed by atoms with Gasteiger partial charge in [0.05, 0.1) is 6.04 Å². The van der Waals surface area contributed by atoms with Crippen LogP contribution in [0.1, 0.15) is 28.3 Å². The number of pyridine rings is 1. The lowest BCUT2D eigenvalue weighted by Gasteiger charge is -2.19. The van der Waals surface area contributed by atoms with Gasteiger partial charge < -0.3 is 0 Å². The third-order valence-corrected chi connectivity index (χ3v) is 3.37. The van der Waals surface area contributed by atoms with E-state index < -0.39 is 0 Å². The summed E-state index contributed by atoms with van der Waals surface area (Å²) in [6, 6.07) is 6.79. The van der Waals surface area contributed by atoms with Crippen LogP contribution in [-0.2, 0) is 6.42 Å². The van der Waals surface area contributed by atoms with Crippen LogP contribution in [0.15, 0.2) is 36.7 Å². The van der Waals surface area contributed by atoms with Gasteiger partial charge in [-0.25, -0.2) is 4.39 Å². The third kappa shape index (κ3) is 3.16. The van der Waals surface area contributed by atoms with Crippen molar-refractivity contribution in [2.24, 2.45) is 5.84 Å².